The van der Waals surface area contributed by atoms with Crippen molar-refractivity contribution in [2.24, 2.45) is 12.0 Å². The van der Waals surface area contributed by atoms with Gasteiger partial charge in [-0.05, 0) is 33.6 Å². The van der Waals surface area contributed by atoms with E-state index in [0.717, 1.165) is 36.7 Å². The third kappa shape index (κ3) is 4.87. The zero-order chi connectivity index (χ0) is 18.4. The van der Waals surface area contributed by atoms with Gasteiger partial charge in [0.05, 0.1) is 19.3 Å². The van der Waals surface area contributed by atoms with E-state index in [0.29, 0.717) is 25.7 Å². The lowest BCUT2D eigenvalue weighted by Crippen LogP contribution is -2.49. The predicted molar refractivity (Wildman–Crippen MR) is 97.6 cm³/mol. The van der Waals surface area contributed by atoms with E-state index in [-0.39, 0.29) is 6.09 Å². The minimum Gasteiger partial charge on any atom is -0.453 e. The minimum absolute atomic E-state index is 0.249. The number of aryl methyl sites for hydroxylation is 2. The summed E-state index contributed by atoms with van der Waals surface area (Å²) in [7, 11) is 3.37. The summed E-state index contributed by atoms with van der Waals surface area (Å²) < 4.78 is 6.67. The van der Waals surface area contributed by atoms with Crippen LogP contribution in [0.5, 0.6) is 0 Å². The summed E-state index contributed by atoms with van der Waals surface area (Å²) in [5.41, 5.74) is 3.33. The Balaban J connectivity index is 1.95. The largest absolute Gasteiger partial charge is 0.453 e. The Labute approximate surface area is 149 Å². The molecule has 0 atom stereocenters. The van der Waals surface area contributed by atoms with Crippen molar-refractivity contribution in [1.29, 1.82) is 0 Å². The Bertz CT molecular complexity index is 617. The summed E-state index contributed by atoms with van der Waals surface area (Å²) in [5.74, 6) is 0.807. The van der Waals surface area contributed by atoms with Crippen molar-refractivity contribution >= 4 is 12.1 Å². The number of guanidine groups is 1. The molecule has 8 heteroatoms. The molecule has 1 aliphatic heterocycles. The fraction of sp³-hybridized carbons (Fsp3) is 0.706. The molecule has 0 aromatic carbocycles. The fourth-order valence-corrected chi connectivity index (χ4v) is 3.05. The summed E-state index contributed by atoms with van der Waals surface area (Å²) >= 11 is 0. The molecule has 2 heterocycles. The lowest BCUT2D eigenvalue weighted by molar-refractivity contribution is 0.111. The number of carbonyl (C=O) groups excluding carboxylic acids is 1. The maximum Gasteiger partial charge on any atom is 0.409 e. The SMILES string of the molecule is CCNC(=NCc1c(C)nn(C)c1C)NC1CCN(C(=O)OC)CC1. The van der Waals surface area contributed by atoms with E-state index in [2.05, 4.69) is 29.6 Å². The maximum absolute atomic E-state index is 11.6. The van der Waals surface area contributed by atoms with Crippen LogP contribution in [-0.2, 0) is 18.3 Å². The van der Waals surface area contributed by atoms with Gasteiger partial charge in [-0.1, -0.05) is 0 Å². The zero-order valence-electron chi connectivity index (χ0n) is 15.9. The summed E-state index contributed by atoms with van der Waals surface area (Å²) in [6.45, 7) is 8.93. The van der Waals surface area contributed by atoms with Crippen molar-refractivity contribution < 1.29 is 9.53 Å². The molecule has 1 fully saturated rings. The minimum atomic E-state index is -0.249. The number of nitrogens with zero attached hydrogens (tertiary/aromatic N) is 4. The second-order valence-electron chi connectivity index (χ2n) is 6.34. The third-order valence-electron chi connectivity index (χ3n) is 4.67. The number of rotatable bonds is 4. The van der Waals surface area contributed by atoms with Gasteiger partial charge in [-0.25, -0.2) is 9.79 Å². The maximum atomic E-state index is 11.6. The highest BCUT2D eigenvalue weighted by atomic mass is 16.5. The van der Waals surface area contributed by atoms with Gasteiger partial charge in [-0.2, -0.15) is 5.10 Å². The number of nitrogens with one attached hydrogen (secondary N) is 2. The van der Waals surface area contributed by atoms with Crippen LogP contribution in [0.3, 0.4) is 0 Å². The van der Waals surface area contributed by atoms with Crippen molar-refractivity contribution in [2.45, 2.75) is 46.2 Å². The molecule has 1 saturated heterocycles. The van der Waals surface area contributed by atoms with Gasteiger partial charge in [-0.3, -0.25) is 4.68 Å². The summed E-state index contributed by atoms with van der Waals surface area (Å²) in [6, 6.07) is 0.301. The number of amides is 1. The first-order valence-electron chi connectivity index (χ1n) is 8.83. The van der Waals surface area contributed by atoms with Crippen LogP contribution in [0.15, 0.2) is 4.99 Å². The van der Waals surface area contributed by atoms with E-state index >= 15 is 0 Å². The molecule has 0 unspecified atom stereocenters. The van der Waals surface area contributed by atoms with Crippen LogP contribution >= 0.6 is 0 Å². The molecule has 0 spiro atoms. The standard InChI is InChI=1S/C17H30N6O2/c1-6-18-16(19-11-15-12(2)21-22(4)13(15)3)20-14-7-9-23(10-8-14)17(24)25-5/h14H,6-11H2,1-5H3,(H2,18,19,20). The third-order valence-corrected chi connectivity index (χ3v) is 4.67. The molecule has 0 bridgehead atoms. The Morgan fingerprint density at radius 3 is 2.56 bits per heavy atom. The van der Waals surface area contributed by atoms with Crippen molar-refractivity contribution in [3.05, 3.63) is 17.0 Å². The van der Waals surface area contributed by atoms with Crippen molar-refractivity contribution in [3.63, 3.8) is 0 Å². The average Bonchev–Trinajstić information content (AvgIpc) is 2.85. The molecule has 1 aromatic rings. The molecular formula is C17H30N6O2. The van der Waals surface area contributed by atoms with E-state index in [1.54, 1.807) is 4.90 Å². The monoisotopic (exact) mass is 350 g/mol. The van der Waals surface area contributed by atoms with Gasteiger partial charge in [0, 0.05) is 44.0 Å². The van der Waals surface area contributed by atoms with Crippen molar-refractivity contribution in [1.82, 2.24) is 25.3 Å². The summed E-state index contributed by atoms with van der Waals surface area (Å²) in [6.07, 6.45) is 1.51. The quantitative estimate of drug-likeness (QED) is 0.632. The lowest BCUT2D eigenvalue weighted by atomic mass is 10.1. The van der Waals surface area contributed by atoms with Gasteiger partial charge in [0.25, 0.3) is 0 Å². The number of piperidine rings is 1. The topological polar surface area (TPSA) is 83.8 Å². The van der Waals surface area contributed by atoms with Crippen molar-refractivity contribution in [2.75, 3.05) is 26.7 Å². The highest BCUT2D eigenvalue weighted by Crippen LogP contribution is 2.14. The zero-order valence-corrected chi connectivity index (χ0v) is 15.9. The number of aliphatic imine (C=N–C) groups is 1. The van der Waals surface area contributed by atoms with E-state index in [4.69, 9.17) is 9.73 Å². The molecule has 2 N–H and O–H groups in total. The highest BCUT2D eigenvalue weighted by molar-refractivity contribution is 5.80. The van der Waals surface area contributed by atoms with Gasteiger partial charge < -0.3 is 20.3 Å². The first kappa shape index (κ1) is 19.1. The predicted octanol–water partition coefficient (Wildman–Crippen LogP) is 1.32. The number of likely N-dealkylation sites (tertiary alicyclic amines) is 1. The van der Waals surface area contributed by atoms with E-state index in [9.17, 15) is 4.79 Å². The van der Waals surface area contributed by atoms with Crippen LogP contribution in [0.1, 0.15) is 36.7 Å². The molecule has 25 heavy (non-hydrogen) atoms. The first-order chi connectivity index (χ1) is 12.0. The Morgan fingerprint density at radius 1 is 1.36 bits per heavy atom. The highest BCUT2D eigenvalue weighted by Gasteiger charge is 2.23. The Kier molecular flexibility index (Phi) is 6.66. The number of hydrogen-bond acceptors (Lipinski definition) is 4. The van der Waals surface area contributed by atoms with Crippen molar-refractivity contribution in [3.8, 4) is 0 Å². The normalized spacial score (nSPS) is 16.0. The molecular weight excluding hydrogens is 320 g/mol. The Morgan fingerprint density at radius 2 is 2.04 bits per heavy atom. The number of carbonyl (C=O) groups is 1. The smallest absolute Gasteiger partial charge is 0.409 e. The average molecular weight is 350 g/mol. The molecule has 8 nitrogen and oxygen atoms in total. The number of methoxy groups -OCH3 is 1. The van der Waals surface area contributed by atoms with E-state index < -0.39 is 0 Å². The lowest BCUT2D eigenvalue weighted by Gasteiger charge is -2.32. The number of hydrogen-bond donors (Lipinski definition) is 2. The van der Waals surface area contributed by atoms with Crippen LogP contribution in [0.25, 0.3) is 0 Å². The fourth-order valence-electron chi connectivity index (χ4n) is 3.05. The molecule has 0 aliphatic carbocycles. The van der Waals surface area contributed by atoms with Gasteiger partial charge in [0.1, 0.15) is 0 Å². The van der Waals surface area contributed by atoms with Gasteiger partial charge in [0.15, 0.2) is 5.96 Å². The summed E-state index contributed by atoms with van der Waals surface area (Å²) in [4.78, 5) is 18.0. The second kappa shape index (κ2) is 8.73. The van der Waals surface area contributed by atoms with E-state index in [1.165, 1.54) is 12.7 Å². The molecule has 140 valence electrons. The molecule has 1 aliphatic rings. The molecule has 1 amide bonds. The molecule has 0 saturated carbocycles. The number of aromatic nitrogens is 2. The van der Waals surface area contributed by atoms with Crippen LogP contribution in [0, 0.1) is 13.8 Å². The van der Waals surface area contributed by atoms with Crippen LogP contribution in [0.2, 0.25) is 0 Å². The number of ether oxygens (including phenoxy) is 1. The van der Waals surface area contributed by atoms with E-state index in [1.807, 2.05) is 18.7 Å². The van der Waals surface area contributed by atoms with Crippen LogP contribution < -0.4 is 10.6 Å². The molecule has 1 aromatic heterocycles. The van der Waals surface area contributed by atoms with Crippen LogP contribution in [0.4, 0.5) is 4.79 Å². The van der Waals surface area contributed by atoms with Gasteiger partial charge in [-0.15, -0.1) is 0 Å². The van der Waals surface area contributed by atoms with Gasteiger partial charge >= 0.3 is 6.09 Å². The second-order valence-corrected chi connectivity index (χ2v) is 6.34. The van der Waals surface area contributed by atoms with Gasteiger partial charge in [0.2, 0.25) is 0 Å². The van der Waals surface area contributed by atoms with Crippen LogP contribution in [-0.4, -0.2) is 59.5 Å². The molecule has 2 rings (SSSR count). The Hall–Kier alpha value is -2.25. The first-order valence-corrected chi connectivity index (χ1v) is 8.83. The summed E-state index contributed by atoms with van der Waals surface area (Å²) in [5, 5.41) is 11.2. The molecule has 0 radical (unpaired) electrons.